The Morgan fingerprint density at radius 1 is 1.13 bits per heavy atom. The SMILES string of the molecule is C1CCCCC1.O=C1COCC2(CCCN(C(=O)OCOc3ccccc3)C2O)N1. The minimum absolute atomic E-state index is 0.0379. The molecule has 4 rings (SSSR count). The zero-order valence-corrected chi connectivity index (χ0v) is 17.4. The molecule has 1 aromatic carbocycles. The largest absolute Gasteiger partial charge is 0.457 e. The zero-order chi connectivity index (χ0) is 21.2. The van der Waals surface area contributed by atoms with Crippen molar-refractivity contribution < 1.29 is 28.9 Å². The van der Waals surface area contributed by atoms with Crippen LogP contribution in [0.1, 0.15) is 51.4 Å². The fraction of sp³-hybridized carbons (Fsp3) is 0.636. The number of aliphatic hydroxyl groups is 1. The van der Waals surface area contributed by atoms with Gasteiger partial charge in [-0.1, -0.05) is 56.7 Å². The molecular formula is C22H32N2O6. The standard InChI is InChI=1S/C16H20N2O6.C6H12/c19-13-9-22-10-16(17-13)7-4-8-18(14(16)20)15(21)24-11-23-12-5-2-1-3-6-12;1-2-4-6-5-3-1/h1-3,5-6,14,20H,4,7-11H2,(H,17,19);1-6H2. The average Bonchev–Trinajstić information content (AvgIpc) is 2.78. The van der Waals surface area contributed by atoms with E-state index in [4.69, 9.17) is 14.2 Å². The Hall–Kier alpha value is -2.32. The van der Waals surface area contributed by atoms with Gasteiger partial charge < -0.3 is 24.6 Å². The van der Waals surface area contributed by atoms with Crippen molar-refractivity contribution in [3.8, 4) is 5.75 Å². The molecule has 1 aromatic rings. The van der Waals surface area contributed by atoms with Gasteiger partial charge in [-0.15, -0.1) is 0 Å². The summed E-state index contributed by atoms with van der Waals surface area (Å²) in [5.74, 6) is 0.275. The lowest BCUT2D eigenvalue weighted by Gasteiger charge is -2.48. The second-order valence-electron chi connectivity index (χ2n) is 7.97. The normalized spacial score (nSPS) is 26.2. The number of nitrogens with zero attached hydrogens (tertiary/aromatic N) is 1. The molecule has 0 aromatic heterocycles. The van der Waals surface area contributed by atoms with Crippen molar-refractivity contribution in [3.63, 3.8) is 0 Å². The zero-order valence-electron chi connectivity index (χ0n) is 17.4. The number of nitrogens with one attached hydrogen (secondary N) is 1. The van der Waals surface area contributed by atoms with Gasteiger partial charge in [0, 0.05) is 6.54 Å². The third-order valence-corrected chi connectivity index (χ3v) is 5.68. The van der Waals surface area contributed by atoms with E-state index >= 15 is 0 Å². The molecular weight excluding hydrogens is 388 g/mol. The first-order valence-corrected chi connectivity index (χ1v) is 10.8. The highest BCUT2D eigenvalue weighted by molar-refractivity contribution is 5.79. The van der Waals surface area contributed by atoms with Crippen LogP contribution < -0.4 is 10.1 Å². The molecule has 1 saturated carbocycles. The number of amides is 2. The Morgan fingerprint density at radius 2 is 1.80 bits per heavy atom. The summed E-state index contributed by atoms with van der Waals surface area (Å²) >= 11 is 0. The van der Waals surface area contributed by atoms with Crippen LogP contribution in [0.25, 0.3) is 0 Å². The molecule has 8 heteroatoms. The first kappa shape index (κ1) is 22.4. The molecule has 0 bridgehead atoms. The van der Waals surface area contributed by atoms with Gasteiger partial charge in [0.25, 0.3) is 0 Å². The maximum absolute atomic E-state index is 12.2. The first-order valence-electron chi connectivity index (χ1n) is 10.8. The van der Waals surface area contributed by atoms with Crippen molar-refractivity contribution in [3.05, 3.63) is 30.3 Å². The van der Waals surface area contributed by atoms with Gasteiger partial charge in [-0.3, -0.25) is 9.69 Å². The summed E-state index contributed by atoms with van der Waals surface area (Å²) in [6.45, 7) is 0.193. The van der Waals surface area contributed by atoms with Crippen molar-refractivity contribution in [1.29, 1.82) is 0 Å². The number of aliphatic hydroxyl groups excluding tert-OH is 1. The lowest BCUT2D eigenvalue weighted by atomic mass is 9.87. The van der Waals surface area contributed by atoms with E-state index in [1.165, 1.54) is 43.4 Å². The molecule has 0 radical (unpaired) electrons. The molecule has 1 spiro atoms. The van der Waals surface area contributed by atoms with Crippen LogP contribution in [-0.2, 0) is 14.3 Å². The van der Waals surface area contributed by atoms with E-state index in [-0.39, 0.29) is 25.9 Å². The van der Waals surface area contributed by atoms with Crippen LogP contribution in [0.4, 0.5) is 4.79 Å². The van der Waals surface area contributed by atoms with E-state index in [0.717, 1.165) is 0 Å². The van der Waals surface area contributed by atoms with Crippen LogP contribution in [0, 0.1) is 0 Å². The molecule has 2 unspecified atom stereocenters. The van der Waals surface area contributed by atoms with Crippen molar-refractivity contribution in [1.82, 2.24) is 10.2 Å². The van der Waals surface area contributed by atoms with Gasteiger partial charge in [0.1, 0.15) is 17.9 Å². The van der Waals surface area contributed by atoms with Crippen LogP contribution in [-0.4, -0.2) is 60.3 Å². The molecule has 1 aliphatic carbocycles. The Balaban J connectivity index is 0.000000367. The predicted molar refractivity (Wildman–Crippen MR) is 110 cm³/mol. The quantitative estimate of drug-likeness (QED) is 0.730. The molecule has 166 valence electrons. The third kappa shape index (κ3) is 6.09. The van der Waals surface area contributed by atoms with Crippen LogP contribution in [0.2, 0.25) is 0 Å². The summed E-state index contributed by atoms with van der Waals surface area (Å²) in [5, 5.41) is 13.3. The van der Waals surface area contributed by atoms with E-state index in [0.29, 0.717) is 25.1 Å². The number of likely N-dealkylation sites (tertiary alicyclic amines) is 1. The maximum atomic E-state index is 12.2. The van der Waals surface area contributed by atoms with E-state index in [1.807, 2.05) is 6.07 Å². The molecule has 3 aliphatic rings. The molecule has 2 amide bonds. The fourth-order valence-electron chi connectivity index (χ4n) is 4.06. The van der Waals surface area contributed by atoms with Crippen LogP contribution in [0.5, 0.6) is 5.75 Å². The van der Waals surface area contributed by atoms with Gasteiger partial charge in [0.15, 0.2) is 6.23 Å². The number of hydrogen-bond acceptors (Lipinski definition) is 6. The highest BCUT2D eigenvalue weighted by Gasteiger charge is 2.49. The lowest BCUT2D eigenvalue weighted by Crippen LogP contribution is -2.70. The van der Waals surface area contributed by atoms with E-state index < -0.39 is 17.9 Å². The predicted octanol–water partition coefficient (Wildman–Crippen LogP) is 2.80. The number of ether oxygens (including phenoxy) is 3. The third-order valence-electron chi connectivity index (χ3n) is 5.68. The summed E-state index contributed by atoms with van der Waals surface area (Å²) < 4.78 is 15.6. The minimum atomic E-state index is -1.21. The number of carbonyl (C=O) groups excluding carboxylic acids is 2. The Kier molecular flexibility index (Phi) is 8.33. The number of morpholine rings is 1. The average molecular weight is 421 g/mol. The van der Waals surface area contributed by atoms with Crippen molar-refractivity contribution >= 4 is 12.0 Å². The van der Waals surface area contributed by atoms with Crippen molar-refractivity contribution in [2.45, 2.75) is 63.1 Å². The lowest BCUT2D eigenvalue weighted by molar-refractivity contribution is -0.157. The molecule has 2 heterocycles. The fourth-order valence-corrected chi connectivity index (χ4v) is 4.06. The number of piperidine rings is 1. The van der Waals surface area contributed by atoms with Gasteiger partial charge >= 0.3 is 6.09 Å². The molecule has 8 nitrogen and oxygen atoms in total. The van der Waals surface area contributed by atoms with Gasteiger partial charge in [-0.05, 0) is 25.0 Å². The van der Waals surface area contributed by atoms with E-state index in [1.54, 1.807) is 24.3 Å². The molecule has 2 saturated heterocycles. The number of hydrogen-bond donors (Lipinski definition) is 2. The Bertz CT molecular complexity index is 666. The molecule has 2 aliphatic heterocycles. The van der Waals surface area contributed by atoms with Crippen molar-refractivity contribution in [2.24, 2.45) is 0 Å². The summed E-state index contributed by atoms with van der Waals surface area (Å²) in [5.41, 5.74) is -0.979. The minimum Gasteiger partial charge on any atom is -0.457 e. The van der Waals surface area contributed by atoms with E-state index in [9.17, 15) is 14.7 Å². The number of para-hydroxylation sites is 1. The Morgan fingerprint density at radius 3 is 2.43 bits per heavy atom. The molecule has 3 fully saturated rings. The highest BCUT2D eigenvalue weighted by atomic mass is 16.7. The van der Waals surface area contributed by atoms with Gasteiger partial charge in [0.05, 0.1) is 6.61 Å². The maximum Gasteiger partial charge on any atom is 0.414 e. The Labute approximate surface area is 177 Å². The molecule has 2 atom stereocenters. The van der Waals surface area contributed by atoms with Crippen LogP contribution in [0.3, 0.4) is 0 Å². The second kappa shape index (κ2) is 11.2. The molecule has 2 N–H and O–H groups in total. The summed E-state index contributed by atoms with van der Waals surface area (Å²) in [7, 11) is 0. The highest BCUT2D eigenvalue weighted by Crippen LogP contribution is 2.29. The van der Waals surface area contributed by atoms with Gasteiger partial charge in [-0.25, -0.2) is 4.79 Å². The first-order chi connectivity index (χ1) is 14.6. The van der Waals surface area contributed by atoms with Crippen LogP contribution >= 0.6 is 0 Å². The monoisotopic (exact) mass is 420 g/mol. The smallest absolute Gasteiger partial charge is 0.414 e. The second-order valence-corrected chi connectivity index (χ2v) is 7.97. The number of rotatable bonds is 3. The summed E-state index contributed by atoms with van der Waals surface area (Å²) in [4.78, 5) is 25.0. The van der Waals surface area contributed by atoms with Gasteiger partial charge in [-0.2, -0.15) is 0 Å². The van der Waals surface area contributed by atoms with E-state index in [2.05, 4.69) is 5.32 Å². The topological polar surface area (TPSA) is 97.3 Å². The summed E-state index contributed by atoms with van der Waals surface area (Å²) in [6.07, 6.45) is 8.25. The van der Waals surface area contributed by atoms with Crippen LogP contribution in [0.15, 0.2) is 30.3 Å². The number of benzene rings is 1. The molecule has 30 heavy (non-hydrogen) atoms. The van der Waals surface area contributed by atoms with Crippen molar-refractivity contribution in [2.75, 3.05) is 26.6 Å². The number of carbonyl (C=O) groups is 2. The summed E-state index contributed by atoms with van der Waals surface area (Å²) in [6, 6.07) is 8.95. The van der Waals surface area contributed by atoms with Gasteiger partial charge in [0.2, 0.25) is 12.7 Å².